The minimum absolute atomic E-state index is 0.113. The van der Waals surface area contributed by atoms with Crippen molar-refractivity contribution in [2.45, 2.75) is 31.6 Å². The summed E-state index contributed by atoms with van der Waals surface area (Å²) in [4.78, 5) is 4.31. The summed E-state index contributed by atoms with van der Waals surface area (Å²) in [6.07, 6.45) is -2.17. The van der Waals surface area contributed by atoms with E-state index >= 15 is 0 Å². The number of piperidine rings is 1. The average Bonchev–Trinajstić information content (AvgIpc) is 2.45. The Morgan fingerprint density at radius 3 is 2.62 bits per heavy atom. The van der Waals surface area contributed by atoms with E-state index in [4.69, 9.17) is 5.73 Å². The van der Waals surface area contributed by atoms with Crippen LogP contribution in [0, 0.1) is 0 Å². The third kappa shape index (κ3) is 3.68. The van der Waals surface area contributed by atoms with Crippen molar-refractivity contribution >= 4 is 5.69 Å². The van der Waals surface area contributed by atoms with Gasteiger partial charge in [-0.1, -0.05) is 0 Å². The lowest BCUT2D eigenvalue weighted by molar-refractivity contribution is -0.137. The van der Waals surface area contributed by atoms with Crippen molar-refractivity contribution in [2.75, 3.05) is 32.1 Å². The van der Waals surface area contributed by atoms with Gasteiger partial charge in [-0.2, -0.15) is 13.2 Å². The summed E-state index contributed by atoms with van der Waals surface area (Å²) in [5.74, 6) is 0. The van der Waals surface area contributed by atoms with Gasteiger partial charge in [0.25, 0.3) is 0 Å². The highest BCUT2D eigenvalue weighted by Gasteiger charge is 2.31. The van der Waals surface area contributed by atoms with E-state index in [0.717, 1.165) is 37.7 Å². The Hall–Kier alpha value is -1.27. The largest absolute Gasteiger partial charge is 0.416 e. The lowest BCUT2D eigenvalue weighted by Gasteiger charge is -2.38. The summed E-state index contributed by atoms with van der Waals surface area (Å²) in [6.45, 7) is 1.80. The van der Waals surface area contributed by atoms with Crippen LogP contribution in [0.5, 0.6) is 0 Å². The van der Waals surface area contributed by atoms with Crippen LogP contribution in [0.25, 0.3) is 0 Å². The third-order valence-electron chi connectivity index (χ3n) is 4.09. The Labute approximate surface area is 123 Å². The fourth-order valence-electron chi connectivity index (χ4n) is 2.83. The molecule has 0 radical (unpaired) electrons. The highest BCUT2D eigenvalue weighted by molar-refractivity contribution is 5.56. The van der Waals surface area contributed by atoms with Gasteiger partial charge in [-0.15, -0.1) is 0 Å². The summed E-state index contributed by atoms with van der Waals surface area (Å²) < 4.78 is 38.4. The van der Waals surface area contributed by atoms with Gasteiger partial charge >= 0.3 is 6.18 Å². The van der Waals surface area contributed by atoms with Crippen LogP contribution in [0.4, 0.5) is 18.9 Å². The van der Waals surface area contributed by atoms with E-state index in [1.165, 1.54) is 6.07 Å². The van der Waals surface area contributed by atoms with E-state index in [1.54, 1.807) is 6.07 Å². The Morgan fingerprint density at radius 2 is 2.05 bits per heavy atom. The normalized spacial score (nSPS) is 20.1. The van der Waals surface area contributed by atoms with Crippen LogP contribution in [0.1, 0.15) is 24.0 Å². The van der Waals surface area contributed by atoms with Gasteiger partial charge in [0.2, 0.25) is 0 Å². The predicted molar refractivity (Wildman–Crippen MR) is 78.3 cm³/mol. The molecule has 2 N–H and O–H groups in total. The lowest BCUT2D eigenvalue weighted by Crippen LogP contribution is -2.45. The SMILES string of the molecule is CN(C)C1CCCN(c2ccc(C(F)(F)F)cc2CN)C1. The van der Waals surface area contributed by atoms with Crippen LogP contribution < -0.4 is 10.6 Å². The molecular weight excluding hydrogens is 279 g/mol. The molecule has 2 rings (SSSR count). The highest BCUT2D eigenvalue weighted by atomic mass is 19.4. The minimum atomic E-state index is -4.32. The number of rotatable bonds is 3. The molecule has 1 aliphatic heterocycles. The molecule has 21 heavy (non-hydrogen) atoms. The topological polar surface area (TPSA) is 32.5 Å². The molecule has 6 heteroatoms. The van der Waals surface area contributed by atoms with E-state index in [1.807, 2.05) is 14.1 Å². The molecule has 1 saturated heterocycles. The Balaban J connectivity index is 2.27. The van der Waals surface area contributed by atoms with Crippen molar-refractivity contribution < 1.29 is 13.2 Å². The predicted octanol–water partition coefficient (Wildman–Crippen LogP) is 2.69. The maximum absolute atomic E-state index is 12.8. The number of likely N-dealkylation sites (N-methyl/N-ethyl adjacent to an activating group) is 1. The third-order valence-corrected chi connectivity index (χ3v) is 4.09. The van der Waals surface area contributed by atoms with Gasteiger partial charge in [-0.3, -0.25) is 0 Å². The van der Waals surface area contributed by atoms with Crippen LogP contribution in [-0.4, -0.2) is 38.1 Å². The lowest BCUT2D eigenvalue weighted by atomic mass is 10.0. The van der Waals surface area contributed by atoms with Crippen molar-refractivity contribution in [1.29, 1.82) is 0 Å². The molecule has 0 aromatic heterocycles. The minimum Gasteiger partial charge on any atom is -0.370 e. The second-order valence-electron chi connectivity index (χ2n) is 5.75. The van der Waals surface area contributed by atoms with Gasteiger partial charge in [0.05, 0.1) is 5.56 Å². The van der Waals surface area contributed by atoms with Gasteiger partial charge in [0.1, 0.15) is 0 Å². The molecule has 1 fully saturated rings. The van der Waals surface area contributed by atoms with Crippen molar-refractivity contribution in [2.24, 2.45) is 5.73 Å². The van der Waals surface area contributed by atoms with E-state index < -0.39 is 11.7 Å². The average molecular weight is 301 g/mol. The maximum atomic E-state index is 12.8. The second-order valence-corrected chi connectivity index (χ2v) is 5.75. The smallest absolute Gasteiger partial charge is 0.370 e. The molecule has 0 amide bonds. The first kappa shape index (κ1) is 16.1. The zero-order valence-corrected chi connectivity index (χ0v) is 12.5. The molecule has 0 spiro atoms. The number of alkyl halides is 3. The van der Waals surface area contributed by atoms with E-state index in [9.17, 15) is 13.2 Å². The highest BCUT2D eigenvalue weighted by Crippen LogP contribution is 2.33. The summed E-state index contributed by atoms with van der Waals surface area (Å²) in [7, 11) is 4.07. The second kappa shape index (κ2) is 6.23. The van der Waals surface area contributed by atoms with E-state index in [-0.39, 0.29) is 6.54 Å². The molecule has 0 saturated carbocycles. The van der Waals surface area contributed by atoms with Crippen LogP contribution >= 0.6 is 0 Å². The van der Waals surface area contributed by atoms with Gasteiger partial charge in [-0.25, -0.2) is 0 Å². The van der Waals surface area contributed by atoms with Crippen molar-refractivity contribution in [3.05, 3.63) is 29.3 Å². The molecule has 3 nitrogen and oxygen atoms in total. The monoisotopic (exact) mass is 301 g/mol. The van der Waals surface area contributed by atoms with Gasteiger partial charge in [0, 0.05) is 31.4 Å². The molecule has 1 atom stereocenters. The molecule has 0 bridgehead atoms. The summed E-state index contributed by atoms with van der Waals surface area (Å²) >= 11 is 0. The van der Waals surface area contributed by atoms with Gasteiger partial charge < -0.3 is 15.5 Å². The molecule has 1 unspecified atom stereocenters. The molecule has 1 aromatic rings. The van der Waals surface area contributed by atoms with Gasteiger partial charge in [-0.05, 0) is 50.7 Å². The molecule has 0 aliphatic carbocycles. The quantitative estimate of drug-likeness (QED) is 0.931. The fraction of sp³-hybridized carbons (Fsp3) is 0.600. The van der Waals surface area contributed by atoms with Crippen LogP contribution in [-0.2, 0) is 12.7 Å². The number of nitrogens with zero attached hydrogens (tertiary/aromatic N) is 2. The molecule has 118 valence electrons. The number of nitrogens with two attached hydrogens (primary N) is 1. The summed E-state index contributed by atoms with van der Waals surface area (Å²) in [6, 6.07) is 4.30. The molecule has 1 aliphatic rings. The molecule has 1 aromatic carbocycles. The fourth-order valence-corrected chi connectivity index (χ4v) is 2.83. The standard InChI is InChI=1S/C15H22F3N3/c1-20(2)13-4-3-7-21(10-13)14-6-5-12(15(16,17)18)8-11(14)9-19/h5-6,8,13H,3-4,7,9-10,19H2,1-2H3. The van der Waals surface area contributed by atoms with E-state index in [2.05, 4.69) is 9.80 Å². The van der Waals surface area contributed by atoms with Crippen molar-refractivity contribution in [3.8, 4) is 0 Å². The Morgan fingerprint density at radius 1 is 1.33 bits per heavy atom. The summed E-state index contributed by atoms with van der Waals surface area (Å²) in [5, 5.41) is 0. The molecule has 1 heterocycles. The first-order chi connectivity index (χ1) is 9.82. The maximum Gasteiger partial charge on any atom is 0.416 e. The Bertz CT molecular complexity index is 486. The number of anilines is 1. The van der Waals surface area contributed by atoms with Crippen LogP contribution in [0.2, 0.25) is 0 Å². The number of hydrogen-bond donors (Lipinski definition) is 1. The number of benzene rings is 1. The van der Waals surface area contributed by atoms with Crippen molar-refractivity contribution in [1.82, 2.24) is 4.90 Å². The van der Waals surface area contributed by atoms with Gasteiger partial charge in [0.15, 0.2) is 0 Å². The number of halogens is 3. The zero-order valence-electron chi connectivity index (χ0n) is 12.5. The first-order valence-corrected chi connectivity index (χ1v) is 7.14. The van der Waals surface area contributed by atoms with Crippen LogP contribution in [0.15, 0.2) is 18.2 Å². The molecular formula is C15H22F3N3. The van der Waals surface area contributed by atoms with E-state index in [0.29, 0.717) is 11.6 Å². The first-order valence-electron chi connectivity index (χ1n) is 7.14. The van der Waals surface area contributed by atoms with Crippen LogP contribution in [0.3, 0.4) is 0 Å². The summed E-state index contributed by atoms with van der Waals surface area (Å²) in [5.41, 5.74) is 6.42. The Kier molecular flexibility index (Phi) is 4.78. The number of hydrogen-bond acceptors (Lipinski definition) is 3. The zero-order chi connectivity index (χ0) is 15.6. The van der Waals surface area contributed by atoms with Crippen molar-refractivity contribution in [3.63, 3.8) is 0 Å².